The molecule has 0 saturated carbocycles. The summed E-state index contributed by atoms with van der Waals surface area (Å²) >= 11 is 0. The van der Waals surface area contributed by atoms with E-state index in [2.05, 4.69) is 0 Å². The van der Waals surface area contributed by atoms with Gasteiger partial charge in [-0.05, 0) is 58.7 Å². The maximum atomic E-state index is 11.1. The van der Waals surface area contributed by atoms with Crippen molar-refractivity contribution in [1.29, 1.82) is 0 Å². The number of ether oxygens (including phenoxy) is 1. The van der Waals surface area contributed by atoms with Crippen LogP contribution in [-0.4, -0.2) is 30.6 Å². The van der Waals surface area contributed by atoms with Gasteiger partial charge in [0.1, 0.15) is 34.5 Å². The lowest BCUT2D eigenvalue weighted by Crippen LogP contribution is -2.25. The maximum Gasteiger partial charge on any atom is 0.123 e. The fraction of sp³-hybridized carbons (Fsp3) is 0.143. The van der Waals surface area contributed by atoms with E-state index in [1.807, 2.05) is 0 Å². The molecular weight excluding hydrogens is 448 g/mol. The summed E-state index contributed by atoms with van der Waals surface area (Å²) in [4.78, 5) is 0. The molecule has 176 valence electrons. The van der Waals surface area contributed by atoms with Crippen LogP contribution in [-0.2, 0) is 4.74 Å². The minimum absolute atomic E-state index is 0.0837. The third kappa shape index (κ3) is 3.24. The van der Waals surface area contributed by atoms with Gasteiger partial charge in [0.2, 0.25) is 0 Å². The first-order valence-corrected chi connectivity index (χ1v) is 11.2. The molecule has 1 aliphatic heterocycles. The highest BCUT2D eigenvalue weighted by Crippen LogP contribution is 2.62. The Balaban J connectivity index is 1.70. The molecule has 0 radical (unpaired) electrons. The van der Waals surface area contributed by atoms with Crippen molar-refractivity contribution in [2.75, 3.05) is 0 Å². The Bertz CT molecular complexity index is 1440. The average Bonchev–Trinajstić information content (AvgIpc) is 3.02. The van der Waals surface area contributed by atoms with Crippen LogP contribution in [0.2, 0.25) is 0 Å². The highest BCUT2D eigenvalue weighted by Gasteiger charge is 2.49. The zero-order valence-corrected chi connectivity index (χ0v) is 18.3. The number of hydrogen-bond donors (Lipinski definition) is 6. The first-order chi connectivity index (χ1) is 16.8. The second kappa shape index (κ2) is 7.58. The van der Waals surface area contributed by atoms with Crippen LogP contribution in [0.25, 0.3) is 0 Å². The van der Waals surface area contributed by atoms with Crippen molar-refractivity contribution < 1.29 is 35.4 Å². The van der Waals surface area contributed by atoms with Crippen molar-refractivity contribution in [2.24, 2.45) is 0 Å². The summed E-state index contributed by atoms with van der Waals surface area (Å²) in [6.07, 6.45) is -1.37. The first kappa shape index (κ1) is 21.2. The van der Waals surface area contributed by atoms with E-state index in [1.54, 1.807) is 60.7 Å². The molecule has 2 aliphatic rings. The van der Waals surface area contributed by atoms with Gasteiger partial charge in [0, 0.05) is 35.1 Å². The Morgan fingerprint density at radius 2 is 0.943 bits per heavy atom. The molecular formula is C28H22O7. The van der Waals surface area contributed by atoms with Gasteiger partial charge in [-0.25, -0.2) is 0 Å². The summed E-state index contributed by atoms with van der Waals surface area (Å²) in [5, 5.41) is 62.6. The minimum atomic E-state index is -0.737. The topological polar surface area (TPSA) is 131 Å². The molecule has 1 aliphatic carbocycles. The molecule has 7 nitrogen and oxygen atoms in total. The summed E-state index contributed by atoms with van der Waals surface area (Å²) in [6.45, 7) is 0. The number of rotatable bonds is 2. The molecule has 6 N–H and O–H groups in total. The second-order valence-corrected chi connectivity index (χ2v) is 9.05. The fourth-order valence-corrected chi connectivity index (χ4v) is 5.61. The van der Waals surface area contributed by atoms with Gasteiger partial charge in [-0.2, -0.15) is 0 Å². The zero-order valence-electron chi connectivity index (χ0n) is 18.3. The second-order valence-electron chi connectivity index (χ2n) is 9.05. The van der Waals surface area contributed by atoms with Crippen LogP contribution in [0, 0.1) is 0 Å². The zero-order chi connectivity index (χ0) is 24.4. The quantitative estimate of drug-likeness (QED) is 0.243. The molecule has 6 rings (SSSR count). The van der Waals surface area contributed by atoms with E-state index in [9.17, 15) is 30.6 Å². The van der Waals surface area contributed by atoms with Gasteiger partial charge in [0.05, 0.1) is 12.2 Å². The van der Waals surface area contributed by atoms with Gasteiger partial charge >= 0.3 is 0 Å². The average molecular weight is 470 g/mol. The van der Waals surface area contributed by atoms with Crippen molar-refractivity contribution in [3.8, 4) is 34.5 Å². The van der Waals surface area contributed by atoms with Crippen LogP contribution in [0.15, 0.2) is 72.8 Å². The molecule has 7 heteroatoms. The van der Waals surface area contributed by atoms with E-state index in [0.717, 1.165) is 11.1 Å². The largest absolute Gasteiger partial charge is 0.508 e. The number of fused-ring (bicyclic) bond motifs is 2. The Morgan fingerprint density at radius 3 is 1.51 bits per heavy atom. The van der Waals surface area contributed by atoms with Crippen LogP contribution in [0.1, 0.15) is 57.4 Å². The van der Waals surface area contributed by atoms with Crippen LogP contribution in [0.5, 0.6) is 34.5 Å². The molecule has 4 unspecified atom stereocenters. The number of aromatic hydroxyl groups is 6. The van der Waals surface area contributed by atoms with Crippen molar-refractivity contribution in [1.82, 2.24) is 0 Å². The monoisotopic (exact) mass is 470 g/mol. The third-order valence-electron chi connectivity index (χ3n) is 6.99. The first-order valence-electron chi connectivity index (χ1n) is 11.2. The molecule has 0 saturated heterocycles. The van der Waals surface area contributed by atoms with E-state index in [0.29, 0.717) is 22.3 Å². The van der Waals surface area contributed by atoms with Crippen LogP contribution >= 0.6 is 0 Å². The lowest BCUT2D eigenvalue weighted by molar-refractivity contribution is -0.0396. The molecule has 4 aromatic carbocycles. The van der Waals surface area contributed by atoms with E-state index in [4.69, 9.17) is 4.74 Å². The summed E-state index contributed by atoms with van der Waals surface area (Å²) < 4.78 is 6.69. The lowest BCUT2D eigenvalue weighted by Gasteiger charge is -2.38. The van der Waals surface area contributed by atoms with E-state index < -0.39 is 24.0 Å². The Kier molecular flexibility index (Phi) is 4.59. The van der Waals surface area contributed by atoms with Gasteiger partial charge in [-0.3, -0.25) is 0 Å². The molecule has 0 aromatic heterocycles. The third-order valence-corrected chi connectivity index (χ3v) is 6.99. The van der Waals surface area contributed by atoms with E-state index >= 15 is 0 Å². The standard InChI is InChI=1S/C28H22O7/c29-15-5-1-13(2-6-15)23-24-19(9-17(31)11-21(24)33)26-25-20(10-18(32)12-22(25)34)28(23)35-27(26)14-3-7-16(30)8-4-14/h1-12,23,26-34H. The van der Waals surface area contributed by atoms with Gasteiger partial charge in [0.25, 0.3) is 0 Å². The molecule has 0 spiro atoms. The number of benzene rings is 4. The highest BCUT2D eigenvalue weighted by molar-refractivity contribution is 5.64. The van der Waals surface area contributed by atoms with Crippen molar-refractivity contribution >= 4 is 0 Å². The smallest absolute Gasteiger partial charge is 0.123 e. The lowest BCUT2D eigenvalue weighted by atomic mass is 9.79. The molecule has 0 fully saturated rings. The summed E-state index contributed by atoms with van der Waals surface area (Å²) in [6, 6.07) is 18.8. The van der Waals surface area contributed by atoms with Crippen LogP contribution in [0.4, 0.5) is 0 Å². The molecule has 4 atom stereocenters. The summed E-state index contributed by atoms with van der Waals surface area (Å²) in [7, 11) is 0. The van der Waals surface area contributed by atoms with Crippen LogP contribution < -0.4 is 0 Å². The number of phenolic OH excluding ortho intramolecular Hbond substituents is 6. The van der Waals surface area contributed by atoms with Gasteiger partial charge < -0.3 is 35.4 Å². The van der Waals surface area contributed by atoms with Gasteiger partial charge in [-0.15, -0.1) is 0 Å². The van der Waals surface area contributed by atoms with E-state index in [-0.39, 0.29) is 34.5 Å². The van der Waals surface area contributed by atoms with Gasteiger partial charge in [-0.1, -0.05) is 24.3 Å². The van der Waals surface area contributed by atoms with Gasteiger partial charge in [0.15, 0.2) is 0 Å². The molecule has 0 amide bonds. The highest BCUT2D eigenvalue weighted by atomic mass is 16.5. The van der Waals surface area contributed by atoms with Crippen molar-refractivity contribution in [2.45, 2.75) is 24.0 Å². The van der Waals surface area contributed by atoms with Crippen molar-refractivity contribution in [3.05, 3.63) is 106 Å². The normalized spacial score (nSPS) is 22.3. The Labute approximate surface area is 200 Å². The Hall–Kier alpha value is -4.36. The predicted octanol–water partition coefficient (Wildman–Crippen LogP) is 5.01. The molecule has 35 heavy (non-hydrogen) atoms. The van der Waals surface area contributed by atoms with Crippen LogP contribution in [0.3, 0.4) is 0 Å². The van der Waals surface area contributed by atoms with E-state index in [1.165, 1.54) is 12.1 Å². The summed E-state index contributed by atoms with van der Waals surface area (Å²) in [5.41, 5.74) is 3.66. The number of hydrogen-bond acceptors (Lipinski definition) is 7. The summed E-state index contributed by atoms with van der Waals surface area (Å²) in [5.74, 6) is -1.56. The molecule has 1 heterocycles. The van der Waals surface area contributed by atoms with Crippen molar-refractivity contribution in [3.63, 3.8) is 0 Å². The molecule has 4 aromatic rings. The predicted molar refractivity (Wildman–Crippen MR) is 126 cm³/mol. The SMILES string of the molecule is Oc1ccc(C2OC3c4cc(O)cc(O)c4C2c2cc(O)cc(O)c2C3c2ccc(O)cc2)cc1. The molecule has 2 bridgehead atoms. The fourth-order valence-electron chi connectivity index (χ4n) is 5.61. The minimum Gasteiger partial charge on any atom is -0.508 e. The Morgan fingerprint density at radius 1 is 0.457 bits per heavy atom. The maximum absolute atomic E-state index is 11.1. The number of phenols is 6.